The average Bonchev–Trinajstić information content (AvgIpc) is 2.88. The number of rotatable bonds is 6. The molecule has 0 saturated carbocycles. The van der Waals surface area contributed by atoms with Crippen LogP contribution in [0.25, 0.3) is 11.3 Å². The lowest BCUT2D eigenvalue weighted by Gasteiger charge is -2.12. The molecule has 3 aromatic rings. The van der Waals surface area contributed by atoms with Crippen LogP contribution in [0.4, 0.5) is 0 Å². The predicted octanol–water partition coefficient (Wildman–Crippen LogP) is 4.09. The summed E-state index contributed by atoms with van der Waals surface area (Å²) in [6.07, 6.45) is 1.98. The first-order valence-corrected chi connectivity index (χ1v) is 8.85. The first-order valence-electron chi connectivity index (χ1n) is 8.85. The molecule has 0 saturated heterocycles. The molecule has 2 aromatic carbocycles. The van der Waals surface area contributed by atoms with Gasteiger partial charge in [0.25, 0.3) is 0 Å². The van der Waals surface area contributed by atoms with E-state index in [9.17, 15) is 0 Å². The van der Waals surface area contributed by atoms with Gasteiger partial charge in [-0.2, -0.15) is 5.10 Å². The maximum atomic E-state index is 4.70. The van der Waals surface area contributed by atoms with Gasteiger partial charge in [0, 0.05) is 31.1 Å². The third kappa shape index (κ3) is 4.18. The van der Waals surface area contributed by atoms with Crippen molar-refractivity contribution in [3.8, 4) is 11.3 Å². The van der Waals surface area contributed by atoms with Crippen molar-refractivity contribution in [2.75, 3.05) is 20.6 Å². The molecule has 0 aliphatic rings. The third-order valence-corrected chi connectivity index (χ3v) is 4.62. The van der Waals surface area contributed by atoms with Crippen molar-refractivity contribution >= 4 is 0 Å². The summed E-state index contributed by atoms with van der Waals surface area (Å²) in [5, 5.41) is 4.70. The summed E-state index contributed by atoms with van der Waals surface area (Å²) < 4.78 is 2.03. The van der Waals surface area contributed by atoms with Gasteiger partial charge in [-0.15, -0.1) is 0 Å². The Morgan fingerprint density at radius 2 is 1.68 bits per heavy atom. The van der Waals surface area contributed by atoms with Crippen LogP contribution in [0, 0.1) is 6.92 Å². The summed E-state index contributed by atoms with van der Waals surface area (Å²) >= 11 is 0. The van der Waals surface area contributed by atoms with E-state index in [1.165, 1.54) is 27.9 Å². The Hall–Kier alpha value is -2.39. The zero-order chi connectivity index (χ0) is 17.8. The van der Waals surface area contributed by atoms with Gasteiger partial charge in [-0.1, -0.05) is 48.5 Å². The molecular weight excluding hydrogens is 306 g/mol. The molecule has 25 heavy (non-hydrogen) atoms. The molecule has 0 bridgehead atoms. The molecule has 0 N–H and O–H groups in total. The Labute approximate surface area is 150 Å². The van der Waals surface area contributed by atoms with Gasteiger partial charge >= 0.3 is 0 Å². The number of nitrogens with zero attached hydrogens (tertiary/aromatic N) is 3. The normalized spacial score (nSPS) is 11.2. The highest BCUT2D eigenvalue weighted by Crippen LogP contribution is 2.28. The Bertz CT molecular complexity index is 832. The number of hydrogen-bond donors (Lipinski definition) is 0. The van der Waals surface area contributed by atoms with Crippen molar-refractivity contribution in [1.82, 2.24) is 14.7 Å². The standard InChI is InChI=1S/C22H27N3/c1-17-21(16-18-9-6-5-7-10-18)22(25(4)23-17)20-12-8-11-19(15-20)13-14-24(2)3/h5-12,15H,13-14,16H2,1-4H3. The molecule has 0 unspecified atom stereocenters. The van der Waals surface area contributed by atoms with Crippen LogP contribution >= 0.6 is 0 Å². The molecule has 0 atom stereocenters. The minimum Gasteiger partial charge on any atom is -0.309 e. The third-order valence-electron chi connectivity index (χ3n) is 4.62. The SMILES string of the molecule is Cc1nn(C)c(-c2cccc(CCN(C)C)c2)c1Cc1ccccc1. The molecule has 3 rings (SSSR count). The van der Waals surface area contributed by atoms with Crippen LogP contribution in [0.5, 0.6) is 0 Å². The van der Waals surface area contributed by atoms with Crippen LogP contribution < -0.4 is 0 Å². The second-order valence-electron chi connectivity index (χ2n) is 6.95. The van der Waals surface area contributed by atoms with Crippen LogP contribution in [0.15, 0.2) is 54.6 Å². The van der Waals surface area contributed by atoms with E-state index in [1.807, 2.05) is 11.7 Å². The second-order valence-corrected chi connectivity index (χ2v) is 6.95. The van der Waals surface area contributed by atoms with E-state index in [-0.39, 0.29) is 0 Å². The monoisotopic (exact) mass is 333 g/mol. The molecule has 0 aliphatic heterocycles. The van der Waals surface area contributed by atoms with Crippen LogP contribution in [-0.2, 0) is 19.9 Å². The van der Waals surface area contributed by atoms with Gasteiger partial charge in [0.1, 0.15) is 0 Å². The molecular formula is C22H27N3. The van der Waals surface area contributed by atoms with E-state index in [2.05, 4.69) is 80.5 Å². The fourth-order valence-electron chi connectivity index (χ4n) is 3.30. The highest BCUT2D eigenvalue weighted by Gasteiger charge is 2.15. The lowest BCUT2D eigenvalue weighted by molar-refractivity contribution is 0.413. The smallest absolute Gasteiger partial charge is 0.0717 e. The van der Waals surface area contributed by atoms with Crippen LogP contribution in [0.2, 0.25) is 0 Å². The topological polar surface area (TPSA) is 21.1 Å². The first-order chi connectivity index (χ1) is 12.0. The largest absolute Gasteiger partial charge is 0.309 e. The van der Waals surface area contributed by atoms with Crippen molar-refractivity contribution in [3.63, 3.8) is 0 Å². The van der Waals surface area contributed by atoms with Crippen molar-refractivity contribution in [2.24, 2.45) is 7.05 Å². The summed E-state index contributed by atoms with van der Waals surface area (Å²) in [5.74, 6) is 0. The summed E-state index contributed by atoms with van der Waals surface area (Å²) in [5.41, 5.74) is 7.61. The zero-order valence-electron chi connectivity index (χ0n) is 15.7. The maximum Gasteiger partial charge on any atom is 0.0717 e. The van der Waals surface area contributed by atoms with Crippen LogP contribution in [0.3, 0.4) is 0 Å². The van der Waals surface area contributed by atoms with Gasteiger partial charge in [0.2, 0.25) is 0 Å². The van der Waals surface area contributed by atoms with Gasteiger partial charge < -0.3 is 4.90 Å². The maximum absolute atomic E-state index is 4.70. The highest BCUT2D eigenvalue weighted by molar-refractivity contribution is 5.66. The molecule has 0 fully saturated rings. The highest BCUT2D eigenvalue weighted by atomic mass is 15.3. The molecule has 0 amide bonds. The van der Waals surface area contributed by atoms with E-state index in [4.69, 9.17) is 5.10 Å². The summed E-state index contributed by atoms with van der Waals surface area (Å²) in [6.45, 7) is 3.17. The van der Waals surface area contributed by atoms with E-state index in [1.54, 1.807) is 0 Å². The van der Waals surface area contributed by atoms with Crippen molar-refractivity contribution < 1.29 is 0 Å². The Kier molecular flexibility index (Phi) is 5.34. The molecule has 3 heteroatoms. The molecule has 130 valence electrons. The lowest BCUT2D eigenvalue weighted by atomic mass is 9.97. The Morgan fingerprint density at radius 1 is 0.960 bits per heavy atom. The van der Waals surface area contributed by atoms with Gasteiger partial charge in [0.05, 0.1) is 11.4 Å². The lowest BCUT2D eigenvalue weighted by Crippen LogP contribution is -2.15. The quantitative estimate of drug-likeness (QED) is 0.677. The molecule has 3 nitrogen and oxygen atoms in total. The fraction of sp³-hybridized carbons (Fsp3) is 0.318. The van der Waals surface area contributed by atoms with Gasteiger partial charge in [-0.3, -0.25) is 4.68 Å². The van der Waals surface area contributed by atoms with Crippen LogP contribution in [-0.4, -0.2) is 35.3 Å². The number of benzene rings is 2. The number of aryl methyl sites for hydroxylation is 2. The number of hydrogen-bond acceptors (Lipinski definition) is 2. The Balaban J connectivity index is 1.96. The van der Waals surface area contributed by atoms with E-state index >= 15 is 0 Å². The molecule has 0 aliphatic carbocycles. The number of aromatic nitrogens is 2. The average molecular weight is 333 g/mol. The minimum absolute atomic E-state index is 0.914. The number of likely N-dealkylation sites (N-methyl/N-ethyl adjacent to an activating group) is 1. The first kappa shape index (κ1) is 17.4. The molecule has 0 spiro atoms. The van der Waals surface area contributed by atoms with Crippen molar-refractivity contribution in [1.29, 1.82) is 0 Å². The molecule has 1 aromatic heterocycles. The summed E-state index contributed by atoms with van der Waals surface area (Å²) in [6, 6.07) is 19.5. The second kappa shape index (κ2) is 7.66. The van der Waals surface area contributed by atoms with E-state index in [0.717, 1.165) is 25.1 Å². The van der Waals surface area contributed by atoms with Gasteiger partial charge in [-0.25, -0.2) is 0 Å². The van der Waals surface area contributed by atoms with E-state index < -0.39 is 0 Å². The van der Waals surface area contributed by atoms with Crippen molar-refractivity contribution in [3.05, 3.63) is 77.0 Å². The minimum atomic E-state index is 0.914. The fourth-order valence-corrected chi connectivity index (χ4v) is 3.30. The predicted molar refractivity (Wildman–Crippen MR) is 105 cm³/mol. The van der Waals surface area contributed by atoms with Crippen molar-refractivity contribution in [2.45, 2.75) is 19.8 Å². The molecule has 1 heterocycles. The summed E-state index contributed by atoms with van der Waals surface area (Å²) in [4.78, 5) is 2.22. The molecule has 0 radical (unpaired) electrons. The Morgan fingerprint density at radius 3 is 2.40 bits per heavy atom. The van der Waals surface area contributed by atoms with Gasteiger partial charge in [-0.05, 0) is 44.6 Å². The summed E-state index contributed by atoms with van der Waals surface area (Å²) in [7, 11) is 6.28. The zero-order valence-corrected chi connectivity index (χ0v) is 15.7. The van der Waals surface area contributed by atoms with E-state index in [0.29, 0.717) is 0 Å². The van der Waals surface area contributed by atoms with Gasteiger partial charge in [0.15, 0.2) is 0 Å². The van der Waals surface area contributed by atoms with Crippen LogP contribution in [0.1, 0.15) is 22.4 Å².